The molecular formula is C9H20N2. The highest BCUT2D eigenvalue weighted by atomic mass is 14.9. The van der Waals surface area contributed by atoms with Crippen molar-refractivity contribution in [3.63, 3.8) is 0 Å². The van der Waals surface area contributed by atoms with Gasteiger partial charge in [0.25, 0.3) is 0 Å². The average Bonchev–Trinajstić information content (AvgIpc) is 2.40. The first-order valence-corrected chi connectivity index (χ1v) is 4.10. The molecule has 0 spiro atoms. The first kappa shape index (κ1) is 10.2. The van der Waals surface area contributed by atoms with Crippen molar-refractivity contribution in [1.29, 1.82) is 0 Å². The molecule has 0 bridgehead atoms. The maximum atomic E-state index is 4.13. The van der Waals surface area contributed by atoms with Gasteiger partial charge in [0.2, 0.25) is 0 Å². The SMILES string of the molecule is CC.CC(C)(C)c1ncc[nH]1.[HH]. The molecule has 2 nitrogen and oxygen atoms in total. The highest BCUT2D eigenvalue weighted by Crippen LogP contribution is 2.16. The third-order valence-electron chi connectivity index (χ3n) is 1.21. The molecule has 1 heterocycles. The molecule has 1 N–H and O–H groups in total. The Labute approximate surface area is 70.5 Å². The Morgan fingerprint density at radius 1 is 1.36 bits per heavy atom. The standard InChI is InChI=1S/C7H12N2.C2H6.H2/c1-7(2,3)6-8-4-5-9-6;1-2;/h4-5H,1-3H3,(H,8,9);1-2H3;1H. The van der Waals surface area contributed by atoms with Gasteiger partial charge in [0, 0.05) is 19.2 Å². The molecule has 1 aromatic heterocycles. The van der Waals surface area contributed by atoms with Crippen LogP contribution in [0.2, 0.25) is 0 Å². The molecule has 0 amide bonds. The summed E-state index contributed by atoms with van der Waals surface area (Å²) in [5, 5.41) is 0. The molecular weight excluding hydrogens is 136 g/mol. The van der Waals surface area contributed by atoms with Crippen LogP contribution in [0.3, 0.4) is 0 Å². The van der Waals surface area contributed by atoms with Crippen LogP contribution in [-0.4, -0.2) is 9.97 Å². The minimum absolute atomic E-state index is 0. The van der Waals surface area contributed by atoms with Crippen molar-refractivity contribution in [2.45, 2.75) is 40.0 Å². The van der Waals surface area contributed by atoms with Crippen LogP contribution in [0.15, 0.2) is 12.4 Å². The number of aromatic amines is 1. The number of H-pyrrole nitrogens is 1. The molecule has 1 aromatic rings. The monoisotopic (exact) mass is 156 g/mol. The predicted molar refractivity (Wildman–Crippen MR) is 50.7 cm³/mol. The van der Waals surface area contributed by atoms with Crippen LogP contribution in [0.4, 0.5) is 0 Å². The quantitative estimate of drug-likeness (QED) is 0.614. The first-order chi connectivity index (χ1) is 5.11. The maximum absolute atomic E-state index is 4.13. The average molecular weight is 156 g/mol. The number of aromatic nitrogens is 2. The Morgan fingerprint density at radius 2 is 1.91 bits per heavy atom. The molecule has 0 saturated carbocycles. The molecule has 11 heavy (non-hydrogen) atoms. The smallest absolute Gasteiger partial charge is 0.111 e. The molecule has 0 aliphatic rings. The van der Waals surface area contributed by atoms with E-state index >= 15 is 0 Å². The third-order valence-corrected chi connectivity index (χ3v) is 1.21. The molecule has 0 aromatic carbocycles. The second-order valence-corrected chi connectivity index (χ2v) is 3.19. The van der Waals surface area contributed by atoms with E-state index in [1.807, 2.05) is 20.0 Å². The van der Waals surface area contributed by atoms with Gasteiger partial charge >= 0.3 is 0 Å². The summed E-state index contributed by atoms with van der Waals surface area (Å²) in [7, 11) is 0. The van der Waals surface area contributed by atoms with Gasteiger partial charge in [-0.15, -0.1) is 0 Å². The zero-order valence-electron chi connectivity index (χ0n) is 8.10. The molecule has 0 saturated heterocycles. The van der Waals surface area contributed by atoms with E-state index in [0.29, 0.717) is 0 Å². The zero-order valence-corrected chi connectivity index (χ0v) is 8.10. The van der Waals surface area contributed by atoms with Crippen molar-refractivity contribution >= 4 is 0 Å². The van der Waals surface area contributed by atoms with E-state index in [-0.39, 0.29) is 6.84 Å². The van der Waals surface area contributed by atoms with E-state index in [9.17, 15) is 0 Å². The van der Waals surface area contributed by atoms with Crippen molar-refractivity contribution in [2.24, 2.45) is 0 Å². The second-order valence-electron chi connectivity index (χ2n) is 3.19. The lowest BCUT2D eigenvalue weighted by Gasteiger charge is -2.13. The number of nitrogens with one attached hydrogen (secondary N) is 1. The van der Waals surface area contributed by atoms with Gasteiger partial charge in [-0.05, 0) is 0 Å². The van der Waals surface area contributed by atoms with Crippen LogP contribution in [-0.2, 0) is 5.41 Å². The molecule has 0 aliphatic carbocycles. The number of nitrogens with zero attached hydrogens (tertiary/aromatic N) is 1. The van der Waals surface area contributed by atoms with E-state index in [2.05, 4.69) is 30.7 Å². The summed E-state index contributed by atoms with van der Waals surface area (Å²) >= 11 is 0. The van der Waals surface area contributed by atoms with Gasteiger partial charge in [-0.1, -0.05) is 34.6 Å². The van der Waals surface area contributed by atoms with Crippen LogP contribution in [0.25, 0.3) is 0 Å². The molecule has 0 atom stereocenters. The highest BCUT2D eigenvalue weighted by Gasteiger charge is 2.14. The highest BCUT2D eigenvalue weighted by molar-refractivity contribution is 5.00. The fourth-order valence-corrected chi connectivity index (χ4v) is 0.675. The number of hydrogen-bond donors (Lipinski definition) is 1. The summed E-state index contributed by atoms with van der Waals surface area (Å²) in [6, 6.07) is 0. The summed E-state index contributed by atoms with van der Waals surface area (Å²) in [4.78, 5) is 7.20. The van der Waals surface area contributed by atoms with Crippen molar-refractivity contribution < 1.29 is 1.43 Å². The van der Waals surface area contributed by atoms with E-state index in [1.54, 1.807) is 6.20 Å². The molecule has 0 fully saturated rings. The summed E-state index contributed by atoms with van der Waals surface area (Å²) in [6.45, 7) is 10.4. The van der Waals surface area contributed by atoms with E-state index in [1.165, 1.54) is 0 Å². The topological polar surface area (TPSA) is 28.7 Å². The number of rotatable bonds is 0. The van der Waals surface area contributed by atoms with Crippen molar-refractivity contribution in [1.82, 2.24) is 9.97 Å². The van der Waals surface area contributed by atoms with Crippen LogP contribution in [0.5, 0.6) is 0 Å². The minimum atomic E-state index is 0. The van der Waals surface area contributed by atoms with Crippen LogP contribution >= 0.6 is 0 Å². The summed E-state index contributed by atoms with van der Waals surface area (Å²) in [5.74, 6) is 1.04. The van der Waals surface area contributed by atoms with Gasteiger partial charge in [0.05, 0.1) is 0 Å². The predicted octanol–water partition coefficient (Wildman–Crippen LogP) is 2.98. The normalized spacial score (nSPS) is 10.3. The number of hydrogen-bond acceptors (Lipinski definition) is 1. The molecule has 0 aliphatic heterocycles. The Hall–Kier alpha value is -0.790. The minimum Gasteiger partial charge on any atom is -0.348 e. The first-order valence-electron chi connectivity index (χ1n) is 4.10. The Bertz CT molecular complexity index is 175. The molecule has 2 heteroatoms. The van der Waals surface area contributed by atoms with Gasteiger partial charge in [-0.25, -0.2) is 4.98 Å². The fraction of sp³-hybridized carbons (Fsp3) is 0.667. The second kappa shape index (κ2) is 4.16. The van der Waals surface area contributed by atoms with Crippen molar-refractivity contribution in [3.05, 3.63) is 18.2 Å². The maximum Gasteiger partial charge on any atom is 0.111 e. The number of imidazole rings is 1. The third kappa shape index (κ3) is 3.21. The molecule has 1 rings (SSSR count). The Balaban J connectivity index is 0. The lowest BCUT2D eigenvalue weighted by atomic mass is 9.96. The van der Waals surface area contributed by atoms with Gasteiger partial charge < -0.3 is 4.98 Å². The van der Waals surface area contributed by atoms with Crippen LogP contribution in [0.1, 0.15) is 41.9 Å². The lowest BCUT2D eigenvalue weighted by molar-refractivity contribution is 0.552. The van der Waals surface area contributed by atoms with Gasteiger partial charge in [0.15, 0.2) is 0 Å². The summed E-state index contributed by atoms with van der Waals surface area (Å²) in [6.07, 6.45) is 3.63. The summed E-state index contributed by atoms with van der Waals surface area (Å²) < 4.78 is 0. The van der Waals surface area contributed by atoms with E-state index < -0.39 is 0 Å². The van der Waals surface area contributed by atoms with Crippen LogP contribution in [0, 0.1) is 0 Å². The van der Waals surface area contributed by atoms with E-state index in [0.717, 1.165) is 5.82 Å². The van der Waals surface area contributed by atoms with E-state index in [4.69, 9.17) is 0 Å². The van der Waals surface area contributed by atoms with Gasteiger partial charge in [-0.3, -0.25) is 0 Å². The van der Waals surface area contributed by atoms with Crippen molar-refractivity contribution in [2.75, 3.05) is 0 Å². The van der Waals surface area contributed by atoms with Gasteiger partial charge in [-0.2, -0.15) is 0 Å². The molecule has 66 valence electrons. The largest absolute Gasteiger partial charge is 0.348 e. The van der Waals surface area contributed by atoms with Crippen LogP contribution < -0.4 is 0 Å². The lowest BCUT2D eigenvalue weighted by Crippen LogP contribution is -2.12. The zero-order chi connectivity index (χ0) is 8.91. The van der Waals surface area contributed by atoms with Gasteiger partial charge in [0.1, 0.15) is 5.82 Å². The van der Waals surface area contributed by atoms with Crippen molar-refractivity contribution in [3.8, 4) is 0 Å². The summed E-state index contributed by atoms with van der Waals surface area (Å²) in [5.41, 5.74) is 0.156. The Morgan fingerprint density at radius 3 is 2.09 bits per heavy atom. The Kier molecular flexibility index (Phi) is 3.86. The molecule has 0 radical (unpaired) electrons. The molecule has 0 unspecified atom stereocenters. The fourth-order valence-electron chi connectivity index (χ4n) is 0.675.